The van der Waals surface area contributed by atoms with E-state index >= 15 is 0 Å². The molecule has 0 bridgehead atoms. The lowest BCUT2D eigenvalue weighted by atomic mass is 10.5. The first kappa shape index (κ1) is 13.4. The Bertz CT molecular complexity index is 306. The highest BCUT2D eigenvalue weighted by atomic mass is 15.3. The fraction of sp³-hybridized carbons (Fsp3) is 0. The van der Waals surface area contributed by atoms with Gasteiger partial charge in [-0.25, -0.2) is 0 Å². The second kappa shape index (κ2) is 10.8. The van der Waals surface area contributed by atoms with Crippen molar-refractivity contribution in [3.63, 3.8) is 0 Å². The van der Waals surface area contributed by atoms with Crippen molar-refractivity contribution in [2.75, 3.05) is 0 Å². The summed E-state index contributed by atoms with van der Waals surface area (Å²) in [5, 5.41) is 10.1. The molecule has 3 heterocycles. The van der Waals surface area contributed by atoms with E-state index in [4.69, 9.17) is 0 Å². The Labute approximate surface area is 106 Å². The van der Waals surface area contributed by atoms with Crippen LogP contribution < -0.4 is 0 Å². The second-order valence-electron chi connectivity index (χ2n) is 2.86. The zero-order chi connectivity index (χ0) is 12.7. The molecule has 0 aromatic carbocycles. The maximum atomic E-state index is 3.78. The summed E-state index contributed by atoms with van der Waals surface area (Å²) in [6.45, 7) is 0. The minimum absolute atomic E-state index is 1.58. The summed E-state index contributed by atoms with van der Waals surface area (Å²) in [7, 11) is 0. The van der Waals surface area contributed by atoms with Crippen LogP contribution in [0.15, 0.2) is 79.6 Å². The first-order chi connectivity index (χ1) is 9.00. The second-order valence-corrected chi connectivity index (χ2v) is 2.86. The van der Waals surface area contributed by atoms with Gasteiger partial charge in [-0.15, -0.1) is 10.2 Å². The van der Waals surface area contributed by atoms with Gasteiger partial charge in [0.2, 0.25) is 0 Å². The third-order valence-electron chi connectivity index (χ3n) is 1.54. The van der Waals surface area contributed by atoms with Gasteiger partial charge in [-0.1, -0.05) is 12.1 Å². The van der Waals surface area contributed by atoms with E-state index in [0.717, 1.165) is 0 Å². The van der Waals surface area contributed by atoms with Crippen LogP contribution in [0.4, 0.5) is 0 Å². The number of nitrogens with zero attached hydrogens (tertiary/aromatic N) is 5. The Morgan fingerprint density at radius 2 is 0.833 bits per heavy atom. The molecule has 3 aromatic rings. The zero-order valence-corrected chi connectivity index (χ0v) is 9.74. The molecule has 0 aliphatic heterocycles. The summed E-state index contributed by atoms with van der Waals surface area (Å²) in [4.78, 5) is 7.57. The zero-order valence-electron chi connectivity index (χ0n) is 9.74. The quantitative estimate of drug-likeness (QED) is 0.600. The molecule has 18 heavy (non-hydrogen) atoms. The van der Waals surface area contributed by atoms with Crippen molar-refractivity contribution in [2.24, 2.45) is 0 Å². The van der Waals surface area contributed by atoms with Gasteiger partial charge in [-0.3, -0.25) is 9.97 Å². The minimum atomic E-state index is 1.58. The Morgan fingerprint density at radius 3 is 0.944 bits per heavy atom. The van der Waals surface area contributed by atoms with Crippen molar-refractivity contribution in [1.29, 1.82) is 0 Å². The molecule has 0 fully saturated rings. The van der Waals surface area contributed by atoms with E-state index < -0.39 is 0 Å². The molecule has 0 aliphatic carbocycles. The van der Waals surface area contributed by atoms with Gasteiger partial charge in [-0.2, -0.15) is 0 Å². The normalized spacial score (nSPS) is 8.00. The fourth-order valence-electron chi connectivity index (χ4n) is 0.830. The first-order valence-corrected chi connectivity index (χ1v) is 5.28. The van der Waals surface area contributed by atoms with Gasteiger partial charge in [0.05, 0.1) is 12.4 Å². The number of pyridine rings is 2. The van der Waals surface area contributed by atoms with Crippen molar-refractivity contribution in [2.45, 2.75) is 0 Å². The molecule has 5 nitrogen and oxygen atoms in total. The Hall–Kier alpha value is -2.69. The maximum Gasteiger partial charge on any atom is 0.0529 e. The summed E-state index contributed by atoms with van der Waals surface area (Å²) in [6.07, 6.45) is 10.2. The average molecular weight is 239 g/mol. The topological polar surface area (TPSA) is 64.5 Å². The van der Waals surface area contributed by atoms with Gasteiger partial charge in [-0.05, 0) is 35.5 Å². The van der Waals surface area contributed by atoms with Crippen LogP contribution in [-0.4, -0.2) is 25.4 Å². The monoisotopic (exact) mass is 239 g/mol. The van der Waals surface area contributed by atoms with Crippen molar-refractivity contribution in [1.82, 2.24) is 25.4 Å². The van der Waals surface area contributed by atoms with Crippen LogP contribution in [0.25, 0.3) is 0 Å². The molecular weight excluding hydrogens is 226 g/mol. The molecule has 0 aliphatic rings. The molecule has 0 amide bonds. The molecule has 90 valence electrons. The van der Waals surface area contributed by atoms with Gasteiger partial charge in [0.1, 0.15) is 0 Å². The molecule has 0 atom stereocenters. The lowest BCUT2D eigenvalue weighted by molar-refractivity contribution is 0.865. The lowest BCUT2D eigenvalue weighted by Crippen LogP contribution is -1.78. The molecule has 5 heteroatoms. The maximum absolute atomic E-state index is 3.78. The van der Waals surface area contributed by atoms with E-state index in [2.05, 4.69) is 25.4 Å². The van der Waals surface area contributed by atoms with Gasteiger partial charge in [0.25, 0.3) is 0 Å². The highest BCUT2D eigenvalue weighted by Crippen LogP contribution is 1.74. The molecule has 0 spiro atoms. The summed E-state index contributed by atoms with van der Waals surface area (Å²) < 4.78 is 0. The molecule has 0 saturated carbocycles. The predicted octanol–water partition coefficient (Wildman–Crippen LogP) is 2.03. The summed E-state index contributed by atoms with van der Waals surface area (Å²) >= 11 is 0. The van der Waals surface area contributed by atoms with E-state index in [1.807, 2.05) is 36.4 Å². The average Bonchev–Trinajstić information content (AvgIpc) is 2.54. The van der Waals surface area contributed by atoms with E-state index in [0.29, 0.717) is 0 Å². The Kier molecular flexibility index (Phi) is 8.04. The van der Waals surface area contributed by atoms with Gasteiger partial charge in [0, 0.05) is 24.8 Å². The van der Waals surface area contributed by atoms with E-state index in [-0.39, 0.29) is 0 Å². The molecule has 3 rings (SSSR count). The Morgan fingerprint density at radius 1 is 0.389 bits per heavy atom. The van der Waals surface area contributed by atoms with Crippen LogP contribution in [-0.2, 0) is 0 Å². The fourth-order valence-corrected chi connectivity index (χ4v) is 0.830. The van der Waals surface area contributed by atoms with Crippen LogP contribution in [0.5, 0.6) is 0 Å². The standard InChI is InChI=1S/2C5H5N.C3H3N3/c3*1-2-4-6-5-3-1/h2*1-5H;1-3H. The number of aromatic nitrogens is 5. The summed E-state index contributed by atoms with van der Waals surface area (Å²) in [6, 6.07) is 13.1. The summed E-state index contributed by atoms with van der Waals surface area (Å²) in [5.74, 6) is 0. The van der Waals surface area contributed by atoms with Gasteiger partial charge < -0.3 is 0 Å². The Balaban J connectivity index is 0.000000135. The molecule has 3 aromatic heterocycles. The van der Waals surface area contributed by atoms with Crippen LogP contribution >= 0.6 is 0 Å². The van der Waals surface area contributed by atoms with Crippen molar-refractivity contribution < 1.29 is 0 Å². The van der Waals surface area contributed by atoms with Crippen LogP contribution in [0.2, 0.25) is 0 Å². The van der Waals surface area contributed by atoms with Crippen LogP contribution in [0.1, 0.15) is 0 Å². The first-order valence-electron chi connectivity index (χ1n) is 5.28. The number of rotatable bonds is 0. The lowest BCUT2D eigenvalue weighted by Gasteiger charge is -1.70. The largest absolute Gasteiger partial charge is 0.265 e. The van der Waals surface area contributed by atoms with E-state index in [1.54, 1.807) is 43.2 Å². The molecule has 0 saturated heterocycles. The highest BCUT2D eigenvalue weighted by molar-refractivity contribution is 4.88. The third kappa shape index (κ3) is 8.60. The molecule has 0 radical (unpaired) electrons. The number of hydrogen-bond acceptors (Lipinski definition) is 5. The third-order valence-corrected chi connectivity index (χ3v) is 1.54. The van der Waals surface area contributed by atoms with E-state index in [9.17, 15) is 0 Å². The molecule has 0 unspecified atom stereocenters. The highest BCUT2D eigenvalue weighted by Gasteiger charge is 1.60. The predicted molar refractivity (Wildman–Crippen MR) is 68.3 cm³/mol. The molecular formula is C13H13N5. The smallest absolute Gasteiger partial charge is 0.0529 e. The van der Waals surface area contributed by atoms with Crippen LogP contribution in [0, 0.1) is 0 Å². The van der Waals surface area contributed by atoms with Crippen molar-refractivity contribution in [3.8, 4) is 0 Å². The van der Waals surface area contributed by atoms with Gasteiger partial charge in [0.15, 0.2) is 0 Å². The van der Waals surface area contributed by atoms with E-state index in [1.165, 1.54) is 0 Å². The SMILES string of the molecule is c1ccncc1.c1ccncc1.c1cnnnc1. The van der Waals surface area contributed by atoms with Gasteiger partial charge >= 0.3 is 0 Å². The van der Waals surface area contributed by atoms with Crippen LogP contribution in [0.3, 0.4) is 0 Å². The number of hydrogen-bond donors (Lipinski definition) is 0. The van der Waals surface area contributed by atoms with Crippen molar-refractivity contribution in [3.05, 3.63) is 79.6 Å². The summed E-state index contributed by atoms with van der Waals surface area (Å²) in [5.41, 5.74) is 0. The van der Waals surface area contributed by atoms with Crippen molar-refractivity contribution >= 4 is 0 Å². The molecule has 0 N–H and O–H groups in total. The minimum Gasteiger partial charge on any atom is -0.265 e.